The highest BCUT2D eigenvalue weighted by Crippen LogP contribution is 2.34. The van der Waals surface area contributed by atoms with Crippen LogP contribution in [0.5, 0.6) is 17.2 Å². The van der Waals surface area contributed by atoms with E-state index in [0.717, 1.165) is 29.2 Å². The first kappa shape index (κ1) is 20.1. The Balaban J connectivity index is 1.58. The molecule has 0 unspecified atom stereocenters. The molecule has 0 aromatic heterocycles. The third-order valence-electron chi connectivity index (χ3n) is 4.73. The van der Waals surface area contributed by atoms with Crippen molar-refractivity contribution in [3.8, 4) is 17.2 Å². The number of carbonyl (C=O) groups is 1. The summed E-state index contributed by atoms with van der Waals surface area (Å²) >= 11 is 0. The van der Waals surface area contributed by atoms with E-state index in [1.807, 2.05) is 49.4 Å². The highest BCUT2D eigenvalue weighted by Gasteiger charge is 2.21. The molecule has 0 fully saturated rings. The smallest absolute Gasteiger partial charge is 0.223 e. The first-order valence-electron chi connectivity index (χ1n) is 9.91. The molecule has 3 rings (SSSR count). The lowest BCUT2D eigenvalue weighted by molar-refractivity contribution is -0.122. The van der Waals surface area contributed by atoms with E-state index in [9.17, 15) is 4.79 Å². The van der Waals surface area contributed by atoms with Crippen molar-refractivity contribution in [1.29, 1.82) is 0 Å². The van der Waals surface area contributed by atoms with E-state index in [2.05, 4.69) is 19.2 Å². The largest absolute Gasteiger partial charge is 0.493 e. The Hall–Kier alpha value is -2.69. The quantitative estimate of drug-likeness (QED) is 0.768. The van der Waals surface area contributed by atoms with Gasteiger partial charge in [0.1, 0.15) is 5.75 Å². The number of hydrogen-bond donors (Lipinski definition) is 1. The van der Waals surface area contributed by atoms with Crippen LogP contribution in [0.4, 0.5) is 0 Å². The lowest BCUT2D eigenvalue weighted by Gasteiger charge is -2.24. The van der Waals surface area contributed by atoms with E-state index in [1.165, 1.54) is 5.56 Å². The highest BCUT2D eigenvalue weighted by atomic mass is 16.5. The second-order valence-corrected chi connectivity index (χ2v) is 7.46. The maximum Gasteiger partial charge on any atom is 0.223 e. The number of ether oxygens (including phenoxy) is 3. The Kier molecular flexibility index (Phi) is 6.80. The summed E-state index contributed by atoms with van der Waals surface area (Å²) in [6.07, 6.45) is 1.18. The topological polar surface area (TPSA) is 56.8 Å². The molecule has 0 spiro atoms. The van der Waals surface area contributed by atoms with Gasteiger partial charge in [0, 0.05) is 6.42 Å². The van der Waals surface area contributed by atoms with E-state index < -0.39 is 0 Å². The van der Waals surface area contributed by atoms with Gasteiger partial charge in [0.05, 0.1) is 32.3 Å². The van der Waals surface area contributed by atoms with Crippen LogP contribution in [0, 0.1) is 12.8 Å². The standard InChI is InChI=1S/C23H29NO4/c1-16(2)23(18-7-10-20-21(15-18)28-13-4-12-27-20)24-22(25)11-14-26-19-8-5-17(3)6-9-19/h5-10,15-16,23H,4,11-14H2,1-3H3,(H,24,25)/t23-/m0/s1. The summed E-state index contributed by atoms with van der Waals surface area (Å²) in [6.45, 7) is 7.88. The molecule has 1 amide bonds. The summed E-state index contributed by atoms with van der Waals surface area (Å²) in [5.74, 6) is 2.51. The molecule has 5 heteroatoms. The van der Waals surface area contributed by atoms with Gasteiger partial charge in [-0.1, -0.05) is 37.6 Å². The monoisotopic (exact) mass is 383 g/mol. The number of benzene rings is 2. The number of fused-ring (bicyclic) bond motifs is 1. The number of nitrogens with one attached hydrogen (secondary N) is 1. The van der Waals surface area contributed by atoms with Gasteiger partial charge in [-0.15, -0.1) is 0 Å². The molecule has 0 radical (unpaired) electrons. The number of amides is 1. The molecule has 1 aliphatic heterocycles. The van der Waals surface area contributed by atoms with Crippen molar-refractivity contribution < 1.29 is 19.0 Å². The SMILES string of the molecule is Cc1ccc(OCCC(=O)N[C@H](c2ccc3c(c2)OCCCO3)C(C)C)cc1. The zero-order valence-electron chi connectivity index (χ0n) is 16.9. The maximum atomic E-state index is 12.5. The van der Waals surface area contributed by atoms with Crippen molar-refractivity contribution in [3.63, 3.8) is 0 Å². The third kappa shape index (κ3) is 5.41. The summed E-state index contributed by atoms with van der Waals surface area (Å²) in [5, 5.41) is 3.14. The van der Waals surface area contributed by atoms with Gasteiger partial charge in [0.15, 0.2) is 11.5 Å². The van der Waals surface area contributed by atoms with Crippen LogP contribution < -0.4 is 19.5 Å². The van der Waals surface area contributed by atoms with Crippen LogP contribution in [0.25, 0.3) is 0 Å². The summed E-state index contributed by atoms with van der Waals surface area (Å²) in [4.78, 5) is 12.5. The number of aryl methyl sites for hydroxylation is 1. The Bertz CT molecular complexity index is 786. The van der Waals surface area contributed by atoms with Gasteiger partial charge >= 0.3 is 0 Å². The van der Waals surface area contributed by atoms with Crippen LogP contribution in [0.15, 0.2) is 42.5 Å². The average Bonchev–Trinajstić information content (AvgIpc) is 2.92. The molecule has 0 saturated carbocycles. The van der Waals surface area contributed by atoms with Crippen LogP contribution in [0.1, 0.15) is 43.9 Å². The zero-order chi connectivity index (χ0) is 19.9. The third-order valence-corrected chi connectivity index (χ3v) is 4.73. The number of carbonyl (C=O) groups excluding carboxylic acids is 1. The Morgan fingerprint density at radius 3 is 2.50 bits per heavy atom. The van der Waals surface area contributed by atoms with Crippen molar-refractivity contribution in [2.45, 2.75) is 39.7 Å². The van der Waals surface area contributed by atoms with E-state index >= 15 is 0 Å². The van der Waals surface area contributed by atoms with E-state index in [1.54, 1.807) is 0 Å². The molecule has 1 atom stereocenters. The normalized spacial score (nSPS) is 14.3. The van der Waals surface area contributed by atoms with Crippen LogP contribution in [0.2, 0.25) is 0 Å². The summed E-state index contributed by atoms with van der Waals surface area (Å²) < 4.78 is 17.2. The minimum absolute atomic E-state index is 0.0297. The fourth-order valence-corrected chi connectivity index (χ4v) is 3.15. The molecule has 150 valence electrons. The Labute approximate surface area is 167 Å². The van der Waals surface area contributed by atoms with Gasteiger partial charge < -0.3 is 19.5 Å². The molecule has 28 heavy (non-hydrogen) atoms. The fraction of sp³-hybridized carbons (Fsp3) is 0.435. The van der Waals surface area contributed by atoms with Crippen LogP contribution in [-0.2, 0) is 4.79 Å². The van der Waals surface area contributed by atoms with Gasteiger partial charge in [0.2, 0.25) is 5.91 Å². The average molecular weight is 383 g/mol. The van der Waals surface area contributed by atoms with Crippen molar-refractivity contribution in [1.82, 2.24) is 5.32 Å². The molecule has 0 aliphatic carbocycles. The predicted molar refractivity (Wildman–Crippen MR) is 109 cm³/mol. The molecule has 1 heterocycles. The van der Waals surface area contributed by atoms with E-state index in [0.29, 0.717) is 26.2 Å². The minimum Gasteiger partial charge on any atom is -0.493 e. The van der Waals surface area contributed by atoms with Gasteiger partial charge in [-0.3, -0.25) is 4.79 Å². The van der Waals surface area contributed by atoms with Crippen LogP contribution >= 0.6 is 0 Å². The van der Waals surface area contributed by atoms with Crippen LogP contribution in [0.3, 0.4) is 0 Å². The Morgan fingerprint density at radius 1 is 1.07 bits per heavy atom. The first-order valence-corrected chi connectivity index (χ1v) is 9.91. The fourth-order valence-electron chi connectivity index (χ4n) is 3.15. The molecular formula is C23H29NO4. The first-order chi connectivity index (χ1) is 13.5. The highest BCUT2D eigenvalue weighted by molar-refractivity contribution is 5.76. The zero-order valence-corrected chi connectivity index (χ0v) is 16.9. The predicted octanol–water partition coefficient (Wildman–Crippen LogP) is 4.44. The van der Waals surface area contributed by atoms with Crippen molar-refractivity contribution in [2.75, 3.05) is 19.8 Å². The Morgan fingerprint density at radius 2 is 1.79 bits per heavy atom. The van der Waals surface area contributed by atoms with E-state index in [-0.39, 0.29) is 17.9 Å². The van der Waals surface area contributed by atoms with Gasteiger partial charge in [-0.05, 0) is 42.7 Å². The second-order valence-electron chi connectivity index (χ2n) is 7.46. The van der Waals surface area contributed by atoms with Gasteiger partial charge in [-0.25, -0.2) is 0 Å². The van der Waals surface area contributed by atoms with Crippen molar-refractivity contribution in [3.05, 3.63) is 53.6 Å². The molecule has 5 nitrogen and oxygen atoms in total. The van der Waals surface area contributed by atoms with Crippen molar-refractivity contribution >= 4 is 5.91 Å². The second kappa shape index (κ2) is 9.49. The molecule has 1 aliphatic rings. The lowest BCUT2D eigenvalue weighted by Crippen LogP contribution is -2.32. The molecule has 0 saturated heterocycles. The number of hydrogen-bond acceptors (Lipinski definition) is 4. The molecule has 0 bridgehead atoms. The minimum atomic E-state index is -0.0935. The van der Waals surface area contributed by atoms with Gasteiger partial charge in [-0.2, -0.15) is 0 Å². The summed E-state index contributed by atoms with van der Waals surface area (Å²) in [7, 11) is 0. The maximum absolute atomic E-state index is 12.5. The lowest BCUT2D eigenvalue weighted by atomic mass is 9.95. The molecule has 2 aromatic rings. The molecular weight excluding hydrogens is 354 g/mol. The van der Waals surface area contributed by atoms with Crippen LogP contribution in [-0.4, -0.2) is 25.7 Å². The molecule has 2 aromatic carbocycles. The molecule has 1 N–H and O–H groups in total. The van der Waals surface area contributed by atoms with E-state index in [4.69, 9.17) is 14.2 Å². The summed E-state index contributed by atoms with van der Waals surface area (Å²) in [6, 6.07) is 13.6. The number of rotatable bonds is 7. The van der Waals surface area contributed by atoms with Gasteiger partial charge in [0.25, 0.3) is 0 Å². The van der Waals surface area contributed by atoms with Crippen molar-refractivity contribution in [2.24, 2.45) is 5.92 Å². The summed E-state index contributed by atoms with van der Waals surface area (Å²) in [5.41, 5.74) is 2.20.